The number of ether oxygens (including phenoxy) is 1. The van der Waals surface area contributed by atoms with Gasteiger partial charge in [-0.3, -0.25) is 4.90 Å². The number of aryl methyl sites for hydroxylation is 2. The van der Waals surface area contributed by atoms with Crippen LogP contribution in [0.25, 0.3) is 0 Å². The van der Waals surface area contributed by atoms with Crippen LogP contribution in [0.15, 0.2) is 18.2 Å². The molecule has 0 bridgehead atoms. The van der Waals surface area contributed by atoms with E-state index in [2.05, 4.69) is 43.9 Å². The Morgan fingerprint density at radius 3 is 2.62 bits per heavy atom. The molecule has 1 saturated heterocycles. The second kappa shape index (κ2) is 8.86. The number of rotatable bonds is 9. The van der Waals surface area contributed by atoms with Crippen molar-refractivity contribution in [2.45, 2.75) is 52.5 Å². The van der Waals surface area contributed by atoms with Gasteiger partial charge in [-0.15, -0.1) is 0 Å². The number of hydrogen-bond donors (Lipinski definition) is 0. The summed E-state index contributed by atoms with van der Waals surface area (Å²) in [7, 11) is -2.82. The first-order valence-corrected chi connectivity index (χ1v) is 10.9. The molecule has 1 atom stereocenters. The van der Waals surface area contributed by atoms with Gasteiger partial charge in [0.1, 0.15) is 5.75 Å². The van der Waals surface area contributed by atoms with Crippen LogP contribution in [0, 0.1) is 13.8 Å². The van der Waals surface area contributed by atoms with E-state index in [1.807, 2.05) is 0 Å². The van der Waals surface area contributed by atoms with Crippen molar-refractivity contribution in [1.82, 2.24) is 4.90 Å². The maximum atomic E-state index is 11.8. The molecule has 1 heterocycles. The average molecular weight is 354 g/mol. The fourth-order valence-corrected chi connectivity index (χ4v) is 4.98. The maximum absolute atomic E-state index is 11.8. The van der Waals surface area contributed by atoms with Gasteiger partial charge < -0.3 is 4.74 Å². The molecule has 136 valence electrons. The first-order chi connectivity index (χ1) is 11.4. The molecule has 0 spiro atoms. The summed E-state index contributed by atoms with van der Waals surface area (Å²) in [5.74, 6) is 1.63. The minimum atomic E-state index is -2.82. The average Bonchev–Trinajstić information content (AvgIpc) is 2.89. The smallest absolute Gasteiger partial charge is 0.151 e. The van der Waals surface area contributed by atoms with Crippen LogP contribution in [0.2, 0.25) is 0 Å². The van der Waals surface area contributed by atoms with Crippen molar-refractivity contribution in [1.29, 1.82) is 0 Å². The lowest BCUT2D eigenvalue weighted by Gasteiger charge is -2.28. The second-order valence-electron chi connectivity index (χ2n) is 6.92. The van der Waals surface area contributed by atoms with E-state index < -0.39 is 9.84 Å². The molecule has 0 aliphatic carbocycles. The van der Waals surface area contributed by atoms with Crippen LogP contribution < -0.4 is 4.74 Å². The van der Waals surface area contributed by atoms with Gasteiger partial charge in [0.05, 0.1) is 18.1 Å². The van der Waals surface area contributed by atoms with Crippen LogP contribution in [0.4, 0.5) is 0 Å². The Morgan fingerprint density at radius 2 is 1.96 bits per heavy atom. The zero-order chi connectivity index (χ0) is 17.6. The summed E-state index contributed by atoms with van der Waals surface area (Å²) in [6.45, 7) is 8.87. The van der Waals surface area contributed by atoms with Crippen LogP contribution in [0.3, 0.4) is 0 Å². The summed E-state index contributed by atoms with van der Waals surface area (Å²) >= 11 is 0. The second-order valence-corrected chi connectivity index (χ2v) is 9.15. The highest BCUT2D eigenvalue weighted by atomic mass is 32.2. The third-order valence-corrected chi connectivity index (χ3v) is 6.46. The Kier molecular flexibility index (Phi) is 7.11. The highest BCUT2D eigenvalue weighted by molar-refractivity contribution is 7.91. The van der Waals surface area contributed by atoms with E-state index in [1.54, 1.807) is 0 Å². The van der Waals surface area contributed by atoms with Crippen molar-refractivity contribution in [2.75, 3.05) is 31.2 Å². The number of benzene rings is 1. The van der Waals surface area contributed by atoms with Gasteiger partial charge in [-0.1, -0.05) is 25.5 Å². The molecule has 1 aromatic carbocycles. The van der Waals surface area contributed by atoms with E-state index in [1.165, 1.54) is 5.56 Å². The van der Waals surface area contributed by atoms with Gasteiger partial charge >= 0.3 is 0 Å². The highest BCUT2D eigenvalue weighted by Gasteiger charge is 2.31. The van der Waals surface area contributed by atoms with Crippen molar-refractivity contribution in [3.8, 4) is 5.75 Å². The molecule has 0 amide bonds. The van der Waals surface area contributed by atoms with Crippen molar-refractivity contribution < 1.29 is 13.2 Å². The lowest BCUT2D eigenvalue weighted by Crippen LogP contribution is -2.38. The van der Waals surface area contributed by atoms with E-state index in [-0.39, 0.29) is 6.04 Å². The molecule has 1 aliphatic rings. The fraction of sp³-hybridized carbons (Fsp3) is 0.684. The van der Waals surface area contributed by atoms with Gasteiger partial charge in [0.15, 0.2) is 9.84 Å². The van der Waals surface area contributed by atoms with E-state index in [0.29, 0.717) is 18.1 Å². The Labute approximate surface area is 147 Å². The van der Waals surface area contributed by atoms with Crippen LogP contribution in [0.5, 0.6) is 5.75 Å². The van der Waals surface area contributed by atoms with Crippen LogP contribution in [-0.4, -0.2) is 50.6 Å². The maximum Gasteiger partial charge on any atom is 0.151 e. The summed E-state index contributed by atoms with van der Waals surface area (Å²) in [6, 6.07) is 6.45. The summed E-state index contributed by atoms with van der Waals surface area (Å²) in [5.41, 5.74) is 2.36. The molecule has 5 heteroatoms. The van der Waals surface area contributed by atoms with Gasteiger partial charge in [-0.25, -0.2) is 8.42 Å². The molecule has 1 aromatic rings. The Balaban J connectivity index is 1.83. The lowest BCUT2D eigenvalue weighted by atomic mass is 10.1. The van der Waals surface area contributed by atoms with Gasteiger partial charge in [0.2, 0.25) is 0 Å². The first-order valence-electron chi connectivity index (χ1n) is 9.06. The van der Waals surface area contributed by atoms with E-state index in [0.717, 1.165) is 50.1 Å². The number of nitrogens with zero attached hydrogens (tertiary/aromatic N) is 1. The Morgan fingerprint density at radius 1 is 1.21 bits per heavy atom. The Hall–Kier alpha value is -1.07. The number of hydrogen-bond acceptors (Lipinski definition) is 4. The Bertz CT molecular complexity index is 627. The molecular formula is C19H31NO3S. The third kappa shape index (κ3) is 5.78. The summed E-state index contributed by atoms with van der Waals surface area (Å²) in [6.07, 6.45) is 3.96. The quantitative estimate of drug-likeness (QED) is 0.639. The predicted molar refractivity (Wildman–Crippen MR) is 99.6 cm³/mol. The highest BCUT2D eigenvalue weighted by Crippen LogP contribution is 2.21. The largest absolute Gasteiger partial charge is 0.493 e. The first kappa shape index (κ1) is 19.3. The summed E-state index contributed by atoms with van der Waals surface area (Å²) < 4.78 is 29.4. The van der Waals surface area contributed by atoms with Gasteiger partial charge in [0.25, 0.3) is 0 Å². The molecule has 1 fully saturated rings. The normalized spacial score (nSPS) is 19.8. The minimum absolute atomic E-state index is 0.197. The molecule has 4 nitrogen and oxygen atoms in total. The van der Waals surface area contributed by atoms with Crippen molar-refractivity contribution >= 4 is 9.84 Å². The zero-order valence-electron chi connectivity index (χ0n) is 15.3. The number of unbranched alkanes of at least 4 members (excludes halogenated alkanes) is 1. The van der Waals surface area contributed by atoms with Crippen LogP contribution in [0.1, 0.15) is 43.7 Å². The molecule has 1 aliphatic heterocycles. The van der Waals surface area contributed by atoms with Gasteiger partial charge in [0, 0.05) is 12.6 Å². The van der Waals surface area contributed by atoms with Crippen molar-refractivity contribution in [2.24, 2.45) is 0 Å². The molecule has 0 radical (unpaired) electrons. The van der Waals surface area contributed by atoms with Crippen LogP contribution >= 0.6 is 0 Å². The monoisotopic (exact) mass is 353 g/mol. The fourth-order valence-electron chi connectivity index (χ4n) is 3.21. The summed E-state index contributed by atoms with van der Waals surface area (Å²) in [4.78, 5) is 2.36. The number of sulfone groups is 1. The van der Waals surface area contributed by atoms with E-state index in [9.17, 15) is 8.42 Å². The topological polar surface area (TPSA) is 46.6 Å². The SMILES string of the molecule is CCCCN(CCCOc1cc(C)ccc1C)C1CCS(=O)(=O)C1. The zero-order valence-corrected chi connectivity index (χ0v) is 16.1. The van der Waals surface area contributed by atoms with E-state index >= 15 is 0 Å². The molecule has 0 N–H and O–H groups in total. The van der Waals surface area contributed by atoms with E-state index in [4.69, 9.17) is 4.74 Å². The van der Waals surface area contributed by atoms with Gasteiger partial charge in [-0.05, 0) is 56.8 Å². The van der Waals surface area contributed by atoms with Crippen molar-refractivity contribution in [3.63, 3.8) is 0 Å². The minimum Gasteiger partial charge on any atom is -0.493 e. The van der Waals surface area contributed by atoms with Crippen LogP contribution in [-0.2, 0) is 9.84 Å². The molecule has 2 rings (SSSR count). The van der Waals surface area contributed by atoms with Gasteiger partial charge in [-0.2, -0.15) is 0 Å². The molecule has 0 aromatic heterocycles. The van der Waals surface area contributed by atoms with Crippen molar-refractivity contribution in [3.05, 3.63) is 29.3 Å². The molecule has 1 unspecified atom stereocenters. The molecular weight excluding hydrogens is 322 g/mol. The molecule has 24 heavy (non-hydrogen) atoms. The predicted octanol–water partition coefficient (Wildman–Crippen LogP) is 3.36. The molecule has 0 saturated carbocycles. The standard InChI is InChI=1S/C19H31NO3S/c1-4-5-10-20(18-9-13-24(21,22)15-18)11-6-12-23-19-14-16(2)7-8-17(19)3/h7-8,14,18H,4-6,9-13,15H2,1-3H3. The third-order valence-electron chi connectivity index (χ3n) is 4.71. The lowest BCUT2D eigenvalue weighted by molar-refractivity contribution is 0.188. The summed E-state index contributed by atoms with van der Waals surface area (Å²) in [5, 5.41) is 0.